The topological polar surface area (TPSA) is 61.4 Å². The molecule has 0 aliphatic carbocycles. The van der Waals surface area contributed by atoms with Gasteiger partial charge in [-0.1, -0.05) is 6.92 Å². The van der Waals surface area contributed by atoms with Gasteiger partial charge in [0.1, 0.15) is 6.17 Å². The summed E-state index contributed by atoms with van der Waals surface area (Å²) in [6.45, 7) is 5.90. The number of carbonyl (C=O) groups excluding carboxylic acids is 2. The molecule has 7 heteroatoms. The molecule has 1 aromatic carbocycles. The molecule has 2 aliphatic heterocycles. The van der Waals surface area contributed by atoms with E-state index in [2.05, 4.69) is 17.6 Å². The van der Waals surface area contributed by atoms with Crippen molar-refractivity contribution in [2.75, 3.05) is 25.0 Å². The molecule has 0 saturated carbocycles. The second-order valence-corrected chi connectivity index (χ2v) is 7.29. The molecule has 2 fully saturated rings. The minimum atomic E-state index is -0.968. The summed E-state index contributed by atoms with van der Waals surface area (Å²) in [5.41, 5.74) is 2.14. The third-order valence-corrected chi connectivity index (χ3v) is 5.20. The first-order valence-electron chi connectivity index (χ1n) is 9.02. The summed E-state index contributed by atoms with van der Waals surface area (Å²) in [7, 11) is 0. The molecule has 5 nitrogen and oxygen atoms in total. The molecule has 2 atom stereocenters. The van der Waals surface area contributed by atoms with E-state index >= 15 is 0 Å². The fraction of sp³-hybridized carbons (Fsp3) is 0.579. The highest BCUT2D eigenvalue weighted by atomic mass is 35.5. The van der Waals surface area contributed by atoms with Gasteiger partial charge in [0.15, 0.2) is 0 Å². The molecule has 2 saturated heterocycles. The third-order valence-electron chi connectivity index (χ3n) is 5.20. The second kappa shape index (κ2) is 8.82. The first kappa shape index (κ1) is 20.6. The molecular formula is C19H27ClFN3O2. The lowest BCUT2D eigenvalue weighted by molar-refractivity contribution is -0.117. The highest BCUT2D eigenvalue weighted by Gasteiger charge is 2.29. The number of rotatable bonds is 3. The van der Waals surface area contributed by atoms with E-state index in [9.17, 15) is 14.0 Å². The van der Waals surface area contributed by atoms with Gasteiger partial charge in [0.25, 0.3) is 5.91 Å². The van der Waals surface area contributed by atoms with Crippen LogP contribution in [0, 0.1) is 12.8 Å². The number of hydrogen-bond acceptors (Lipinski definition) is 3. The predicted octanol–water partition coefficient (Wildman–Crippen LogP) is 2.93. The molecular weight excluding hydrogens is 357 g/mol. The van der Waals surface area contributed by atoms with E-state index in [1.54, 1.807) is 12.1 Å². The third kappa shape index (κ3) is 4.74. The summed E-state index contributed by atoms with van der Waals surface area (Å²) in [5.74, 6) is 0.495. The van der Waals surface area contributed by atoms with Gasteiger partial charge in [-0.3, -0.25) is 9.59 Å². The van der Waals surface area contributed by atoms with E-state index in [0.29, 0.717) is 17.2 Å². The normalized spacial score (nSPS) is 23.4. The van der Waals surface area contributed by atoms with Crippen LogP contribution in [0.15, 0.2) is 18.2 Å². The molecule has 2 heterocycles. The van der Waals surface area contributed by atoms with E-state index in [0.717, 1.165) is 31.5 Å². The molecule has 3 rings (SSSR count). The van der Waals surface area contributed by atoms with Crippen molar-refractivity contribution in [2.24, 2.45) is 5.92 Å². The fourth-order valence-electron chi connectivity index (χ4n) is 3.44. The standard InChI is InChI=1S/C19H26FN3O2.ClH/c1-12-5-7-23(8-6-12)19(25)14-3-4-16(13(2)9-14)22-18(24)17-10-15(20)11-21-17;/h3-4,9,12,15,17,21H,5-8,10-11H2,1-2H3,(H,22,24);1H/t15-,17+;/m0./s1. The van der Waals surface area contributed by atoms with Crippen molar-refractivity contribution in [3.05, 3.63) is 29.3 Å². The fourth-order valence-corrected chi connectivity index (χ4v) is 3.44. The number of piperidine rings is 1. The van der Waals surface area contributed by atoms with Crippen LogP contribution in [0.2, 0.25) is 0 Å². The average Bonchev–Trinajstić information content (AvgIpc) is 3.03. The van der Waals surface area contributed by atoms with Gasteiger partial charge < -0.3 is 15.5 Å². The van der Waals surface area contributed by atoms with Gasteiger partial charge in [-0.25, -0.2) is 4.39 Å². The van der Waals surface area contributed by atoms with Gasteiger partial charge in [-0.05, 0) is 49.4 Å². The Morgan fingerprint density at radius 2 is 1.96 bits per heavy atom. The van der Waals surface area contributed by atoms with Crippen molar-refractivity contribution in [2.45, 2.75) is 45.3 Å². The Kier molecular flexibility index (Phi) is 7.01. The molecule has 2 aliphatic rings. The molecule has 26 heavy (non-hydrogen) atoms. The summed E-state index contributed by atoms with van der Waals surface area (Å²) in [5, 5.41) is 5.71. The Bertz CT molecular complexity index is 662. The average molecular weight is 384 g/mol. The first-order valence-corrected chi connectivity index (χ1v) is 9.02. The van der Waals surface area contributed by atoms with Gasteiger partial charge in [0, 0.05) is 37.3 Å². The lowest BCUT2D eigenvalue weighted by Gasteiger charge is -2.30. The largest absolute Gasteiger partial charge is 0.339 e. The van der Waals surface area contributed by atoms with Crippen LogP contribution in [0.1, 0.15) is 42.1 Å². The van der Waals surface area contributed by atoms with Crippen molar-refractivity contribution < 1.29 is 14.0 Å². The smallest absolute Gasteiger partial charge is 0.253 e. The molecule has 2 N–H and O–H groups in total. The molecule has 0 spiro atoms. The molecule has 0 radical (unpaired) electrons. The zero-order valence-corrected chi connectivity index (χ0v) is 16.1. The van der Waals surface area contributed by atoms with Crippen LogP contribution < -0.4 is 10.6 Å². The Labute approximate surface area is 160 Å². The number of benzene rings is 1. The van der Waals surface area contributed by atoms with Crippen LogP contribution in [-0.2, 0) is 4.79 Å². The highest BCUT2D eigenvalue weighted by Crippen LogP contribution is 2.22. The summed E-state index contributed by atoms with van der Waals surface area (Å²) < 4.78 is 13.2. The summed E-state index contributed by atoms with van der Waals surface area (Å²) >= 11 is 0. The van der Waals surface area contributed by atoms with E-state index in [1.165, 1.54) is 0 Å². The number of nitrogens with one attached hydrogen (secondary N) is 2. The zero-order chi connectivity index (χ0) is 18.0. The minimum absolute atomic E-state index is 0. The Morgan fingerprint density at radius 1 is 1.27 bits per heavy atom. The number of halogens is 2. The van der Waals surface area contributed by atoms with Crippen molar-refractivity contribution in [3.8, 4) is 0 Å². The Morgan fingerprint density at radius 3 is 2.54 bits per heavy atom. The minimum Gasteiger partial charge on any atom is -0.339 e. The number of carbonyl (C=O) groups is 2. The lowest BCUT2D eigenvalue weighted by Crippen LogP contribution is -2.38. The van der Waals surface area contributed by atoms with E-state index in [-0.39, 0.29) is 37.2 Å². The van der Waals surface area contributed by atoms with Crippen molar-refractivity contribution >= 4 is 29.9 Å². The quantitative estimate of drug-likeness (QED) is 0.843. The number of likely N-dealkylation sites (tertiary alicyclic amines) is 1. The first-order chi connectivity index (χ1) is 11.9. The summed E-state index contributed by atoms with van der Waals surface area (Å²) in [6.07, 6.45) is 1.32. The number of anilines is 1. The highest BCUT2D eigenvalue weighted by molar-refractivity contribution is 5.98. The van der Waals surface area contributed by atoms with Crippen LogP contribution in [-0.4, -0.2) is 48.6 Å². The number of amides is 2. The maximum absolute atomic E-state index is 13.2. The summed E-state index contributed by atoms with van der Waals surface area (Å²) in [4.78, 5) is 26.7. The predicted molar refractivity (Wildman–Crippen MR) is 103 cm³/mol. The van der Waals surface area contributed by atoms with Crippen molar-refractivity contribution in [1.29, 1.82) is 0 Å². The maximum Gasteiger partial charge on any atom is 0.253 e. The lowest BCUT2D eigenvalue weighted by atomic mass is 9.98. The van der Waals surface area contributed by atoms with Crippen LogP contribution >= 0.6 is 12.4 Å². The molecule has 144 valence electrons. The van der Waals surface area contributed by atoms with E-state index in [4.69, 9.17) is 0 Å². The van der Waals surface area contributed by atoms with Gasteiger partial charge in [-0.15, -0.1) is 12.4 Å². The van der Waals surface area contributed by atoms with Gasteiger partial charge >= 0.3 is 0 Å². The van der Waals surface area contributed by atoms with Crippen LogP contribution in [0.3, 0.4) is 0 Å². The molecule has 1 aromatic rings. The maximum atomic E-state index is 13.2. The zero-order valence-electron chi connectivity index (χ0n) is 15.3. The van der Waals surface area contributed by atoms with Crippen LogP contribution in [0.5, 0.6) is 0 Å². The number of hydrogen-bond donors (Lipinski definition) is 2. The van der Waals surface area contributed by atoms with Gasteiger partial charge in [-0.2, -0.15) is 0 Å². The number of nitrogens with zero attached hydrogens (tertiary/aromatic N) is 1. The van der Waals surface area contributed by atoms with Crippen LogP contribution in [0.25, 0.3) is 0 Å². The summed E-state index contributed by atoms with van der Waals surface area (Å²) in [6, 6.07) is 4.83. The number of aryl methyl sites for hydroxylation is 1. The van der Waals surface area contributed by atoms with Crippen LogP contribution in [0.4, 0.5) is 10.1 Å². The Hall–Kier alpha value is -1.66. The van der Waals surface area contributed by atoms with E-state index in [1.807, 2.05) is 17.9 Å². The monoisotopic (exact) mass is 383 g/mol. The van der Waals surface area contributed by atoms with Crippen molar-refractivity contribution in [3.63, 3.8) is 0 Å². The molecule has 0 aromatic heterocycles. The van der Waals surface area contributed by atoms with Gasteiger partial charge in [0.05, 0.1) is 6.04 Å². The SMILES string of the molecule is Cc1cc(C(=O)N2CCC(C)CC2)ccc1NC(=O)[C@H]1C[C@H](F)CN1.Cl. The Balaban J connectivity index is 0.00000243. The second-order valence-electron chi connectivity index (χ2n) is 7.29. The molecule has 2 amide bonds. The van der Waals surface area contributed by atoms with E-state index < -0.39 is 12.2 Å². The molecule has 0 unspecified atom stereocenters. The van der Waals surface area contributed by atoms with Gasteiger partial charge in [0.2, 0.25) is 5.91 Å². The molecule has 0 bridgehead atoms. The number of alkyl halides is 1. The van der Waals surface area contributed by atoms with Crippen molar-refractivity contribution in [1.82, 2.24) is 10.2 Å².